The van der Waals surface area contributed by atoms with Crippen LogP contribution in [0.1, 0.15) is 36.5 Å². The Kier molecular flexibility index (Phi) is 8.29. The lowest BCUT2D eigenvalue weighted by atomic mass is 10.1. The van der Waals surface area contributed by atoms with E-state index in [1.807, 2.05) is 51.1 Å². The largest absolute Gasteiger partial charge is 0.496 e. The van der Waals surface area contributed by atoms with Gasteiger partial charge < -0.3 is 10.1 Å². The summed E-state index contributed by atoms with van der Waals surface area (Å²) in [5.74, 6) is 0.537. The highest BCUT2D eigenvalue weighted by Gasteiger charge is 2.31. The first-order chi connectivity index (χ1) is 14.2. The van der Waals surface area contributed by atoms with Crippen LogP contribution in [0.4, 0.5) is 5.69 Å². The number of methoxy groups -OCH3 is 1. The number of nitrogens with zero attached hydrogens (tertiary/aromatic N) is 1. The number of benzene rings is 2. The number of carbonyl (C=O) groups excluding carboxylic acids is 1. The second-order valence-corrected chi connectivity index (χ2v) is 9.39. The Hall–Kier alpha value is -2.54. The van der Waals surface area contributed by atoms with E-state index >= 15 is 0 Å². The summed E-state index contributed by atoms with van der Waals surface area (Å²) in [4.78, 5) is 12.9. The fourth-order valence-corrected chi connectivity index (χ4v) is 4.85. The lowest BCUT2D eigenvalue weighted by Gasteiger charge is -2.30. The minimum absolute atomic E-state index is 0.290. The van der Waals surface area contributed by atoms with Gasteiger partial charge in [0.05, 0.1) is 19.1 Å². The molecule has 0 aliphatic carbocycles. The highest BCUT2D eigenvalue weighted by Crippen LogP contribution is 2.25. The molecule has 0 aliphatic rings. The minimum atomic E-state index is -3.63. The van der Waals surface area contributed by atoms with Crippen molar-refractivity contribution in [3.05, 3.63) is 59.2 Å². The maximum absolute atomic E-state index is 12.9. The fraction of sp³-hybridized carbons (Fsp3) is 0.435. The van der Waals surface area contributed by atoms with Crippen molar-refractivity contribution in [2.45, 2.75) is 46.1 Å². The molecule has 0 aromatic heterocycles. The molecule has 7 heteroatoms. The molecule has 0 saturated heterocycles. The van der Waals surface area contributed by atoms with E-state index in [1.54, 1.807) is 19.2 Å². The van der Waals surface area contributed by atoms with E-state index in [0.717, 1.165) is 41.5 Å². The van der Waals surface area contributed by atoms with Crippen LogP contribution < -0.4 is 14.4 Å². The van der Waals surface area contributed by atoms with Gasteiger partial charge in [-0.1, -0.05) is 31.2 Å². The first-order valence-corrected chi connectivity index (χ1v) is 12.0. The SMILES string of the molecule is CC[C@H](C(=O)NCCCc1ccccc1OC)N(c1cc(C)cc(C)c1)S(C)(=O)=O. The smallest absolute Gasteiger partial charge is 0.243 e. The Morgan fingerprint density at radius 2 is 1.77 bits per heavy atom. The molecule has 0 spiro atoms. The lowest BCUT2D eigenvalue weighted by Crippen LogP contribution is -2.49. The molecule has 0 bridgehead atoms. The lowest BCUT2D eigenvalue weighted by molar-refractivity contribution is -0.122. The highest BCUT2D eigenvalue weighted by atomic mass is 32.2. The number of hydrogen-bond acceptors (Lipinski definition) is 4. The van der Waals surface area contributed by atoms with Gasteiger partial charge in [0.2, 0.25) is 15.9 Å². The van der Waals surface area contributed by atoms with Crippen molar-refractivity contribution in [2.24, 2.45) is 0 Å². The van der Waals surface area contributed by atoms with Gasteiger partial charge in [-0.05, 0) is 68.0 Å². The molecule has 0 heterocycles. The Morgan fingerprint density at radius 1 is 1.13 bits per heavy atom. The molecule has 0 saturated carbocycles. The van der Waals surface area contributed by atoms with Gasteiger partial charge in [0, 0.05) is 6.54 Å². The quantitative estimate of drug-likeness (QED) is 0.582. The van der Waals surface area contributed by atoms with Crippen LogP contribution in [-0.4, -0.2) is 40.3 Å². The maximum Gasteiger partial charge on any atom is 0.243 e. The topological polar surface area (TPSA) is 75.7 Å². The van der Waals surface area contributed by atoms with Crippen molar-refractivity contribution in [3.8, 4) is 5.75 Å². The van der Waals surface area contributed by atoms with Crippen LogP contribution in [0, 0.1) is 13.8 Å². The molecule has 0 unspecified atom stereocenters. The number of rotatable bonds is 10. The summed E-state index contributed by atoms with van der Waals surface area (Å²) in [7, 11) is -2.00. The van der Waals surface area contributed by atoms with Crippen LogP contribution in [0.15, 0.2) is 42.5 Å². The summed E-state index contributed by atoms with van der Waals surface area (Å²) in [6, 6.07) is 12.6. The molecule has 30 heavy (non-hydrogen) atoms. The number of nitrogens with one attached hydrogen (secondary N) is 1. The fourth-order valence-electron chi connectivity index (χ4n) is 3.66. The minimum Gasteiger partial charge on any atom is -0.496 e. The standard InChI is InChI=1S/C23H32N2O4S/c1-6-21(25(30(5,27)28)20-15-17(2)14-18(3)16-20)23(26)24-13-9-11-19-10-7-8-12-22(19)29-4/h7-8,10,12,14-16,21H,6,9,11,13H2,1-5H3,(H,24,26)/t21-/m1/s1. The Balaban J connectivity index is 2.10. The van der Waals surface area contributed by atoms with E-state index in [0.29, 0.717) is 18.7 Å². The first-order valence-electron chi connectivity index (χ1n) is 10.1. The monoisotopic (exact) mass is 432 g/mol. The molecule has 6 nitrogen and oxygen atoms in total. The van der Waals surface area contributed by atoms with Gasteiger partial charge in [0.25, 0.3) is 0 Å². The molecule has 1 amide bonds. The van der Waals surface area contributed by atoms with E-state index in [1.165, 1.54) is 4.31 Å². The summed E-state index contributed by atoms with van der Waals surface area (Å²) < 4.78 is 31.7. The number of anilines is 1. The summed E-state index contributed by atoms with van der Waals surface area (Å²) >= 11 is 0. The van der Waals surface area contributed by atoms with E-state index in [2.05, 4.69) is 5.32 Å². The van der Waals surface area contributed by atoms with Gasteiger partial charge in [-0.15, -0.1) is 0 Å². The number of ether oxygens (including phenoxy) is 1. The number of amides is 1. The van der Waals surface area contributed by atoms with Gasteiger partial charge in [0.15, 0.2) is 0 Å². The van der Waals surface area contributed by atoms with Gasteiger partial charge >= 0.3 is 0 Å². The van der Waals surface area contributed by atoms with Crippen LogP contribution in [0.5, 0.6) is 5.75 Å². The van der Waals surface area contributed by atoms with Crippen LogP contribution in [0.3, 0.4) is 0 Å². The third kappa shape index (κ3) is 6.23. The van der Waals surface area contributed by atoms with Crippen LogP contribution in [-0.2, 0) is 21.2 Å². The van der Waals surface area contributed by atoms with Gasteiger partial charge in [0.1, 0.15) is 11.8 Å². The second kappa shape index (κ2) is 10.5. The Labute approximate surface area is 180 Å². The number of sulfonamides is 1. The number of aryl methyl sites for hydroxylation is 3. The highest BCUT2D eigenvalue weighted by molar-refractivity contribution is 7.92. The maximum atomic E-state index is 12.9. The third-order valence-corrected chi connectivity index (χ3v) is 6.09. The average Bonchev–Trinajstić information content (AvgIpc) is 2.67. The predicted molar refractivity (Wildman–Crippen MR) is 122 cm³/mol. The van der Waals surface area contributed by atoms with E-state index in [-0.39, 0.29) is 5.91 Å². The third-order valence-electron chi connectivity index (χ3n) is 4.91. The van der Waals surface area contributed by atoms with Crippen molar-refractivity contribution in [2.75, 3.05) is 24.2 Å². The molecular formula is C23H32N2O4S. The number of para-hydroxylation sites is 1. The number of hydrogen-bond donors (Lipinski definition) is 1. The van der Waals surface area contributed by atoms with E-state index < -0.39 is 16.1 Å². The summed E-state index contributed by atoms with van der Waals surface area (Å²) in [6.07, 6.45) is 3.00. The van der Waals surface area contributed by atoms with Crippen molar-refractivity contribution >= 4 is 21.6 Å². The average molecular weight is 433 g/mol. The zero-order chi connectivity index (χ0) is 22.3. The van der Waals surface area contributed by atoms with Crippen LogP contribution in [0.25, 0.3) is 0 Å². The Bertz CT molecular complexity index is 953. The predicted octanol–water partition coefficient (Wildman–Crippen LogP) is 3.61. The first kappa shape index (κ1) is 23.7. The van der Waals surface area contributed by atoms with Gasteiger partial charge in [-0.25, -0.2) is 8.42 Å². The molecule has 1 atom stereocenters. The van der Waals surface area contributed by atoms with Crippen molar-refractivity contribution in [1.29, 1.82) is 0 Å². The van der Waals surface area contributed by atoms with E-state index in [9.17, 15) is 13.2 Å². The van der Waals surface area contributed by atoms with Crippen molar-refractivity contribution in [3.63, 3.8) is 0 Å². The molecular weight excluding hydrogens is 400 g/mol. The zero-order valence-electron chi connectivity index (χ0n) is 18.4. The summed E-state index contributed by atoms with van der Waals surface area (Å²) in [6.45, 7) is 6.10. The van der Waals surface area contributed by atoms with Crippen LogP contribution >= 0.6 is 0 Å². The molecule has 0 aliphatic heterocycles. The molecule has 2 aromatic rings. The zero-order valence-corrected chi connectivity index (χ0v) is 19.3. The molecule has 1 N–H and O–H groups in total. The molecule has 2 aromatic carbocycles. The number of carbonyl (C=O) groups is 1. The summed E-state index contributed by atoms with van der Waals surface area (Å²) in [5.41, 5.74) is 3.50. The molecule has 164 valence electrons. The van der Waals surface area contributed by atoms with Gasteiger partial charge in [-0.2, -0.15) is 0 Å². The summed E-state index contributed by atoms with van der Waals surface area (Å²) in [5, 5.41) is 2.91. The second-order valence-electron chi connectivity index (χ2n) is 7.54. The van der Waals surface area contributed by atoms with Gasteiger partial charge in [-0.3, -0.25) is 9.10 Å². The molecule has 0 fully saturated rings. The van der Waals surface area contributed by atoms with Crippen molar-refractivity contribution < 1.29 is 17.9 Å². The van der Waals surface area contributed by atoms with Crippen LogP contribution in [0.2, 0.25) is 0 Å². The Morgan fingerprint density at radius 3 is 2.33 bits per heavy atom. The van der Waals surface area contributed by atoms with E-state index in [4.69, 9.17) is 4.74 Å². The molecule has 0 radical (unpaired) electrons. The van der Waals surface area contributed by atoms with Crippen molar-refractivity contribution in [1.82, 2.24) is 5.32 Å². The normalized spacial score (nSPS) is 12.3. The molecule has 2 rings (SSSR count).